The lowest BCUT2D eigenvalue weighted by molar-refractivity contribution is 0.0730. The molecule has 2 aromatic carbocycles. The van der Waals surface area contributed by atoms with Gasteiger partial charge in [0.1, 0.15) is 0 Å². The molecule has 1 aromatic heterocycles. The summed E-state index contributed by atoms with van der Waals surface area (Å²) in [4.78, 5) is 19.9. The smallest absolute Gasteiger partial charge is 0.256 e. The second-order valence-electron chi connectivity index (χ2n) is 8.12. The van der Waals surface area contributed by atoms with Crippen LogP contribution < -0.4 is 10.2 Å². The predicted octanol–water partition coefficient (Wildman–Crippen LogP) is 2.34. The summed E-state index contributed by atoms with van der Waals surface area (Å²) in [7, 11) is -3.72. The lowest BCUT2D eigenvalue weighted by atomic mass is 10.1. The minimum atomic E-state index is -3.72. The summed E-state index contributed by atoms with van der Waals surface area (Å²) in [5.41, 5.74) is 2.39. The summed E-state index contributed by atoms with van der Waals surface area (Å²) in [6.45, 7) is 3.77. The van der Waals surface area contributed by atoms with E-state index in [9.17, 15) is 13.2 Å². The molecule has 2 aliphatic heterocycles. The fraction of sp³-hybridized carbons (Fsp3) is 0.333. The number of pyridine rings is 1. The molecule has 10 heteroatoms. The normalized spacial score (nSPS) is 17.6. The number of amides is 1. The Hall–Kier alpha value is -3.05. The summed E-state index contributed by atoms with van der Waals surface area (Å²) in [5, 5.41) is 3.70. The molecule has 2 fully saturated rings. The minimum Gasteiger partial charge on any atom is -0.379 e. The third-order valence-corrected chi connectivity index (χ3v) is 7.96. The number of benzene rings is 2. The number of anilines is 2. The number of morpholine rings is 2. The molecule has 1 amide bonds. The van der Waals surface area contributed by atoms with Gasteiger partial charge in [-0.25, -0.2) is 8.42 Å². The van der Waals surface area contributed by atoms with Crippen LogP contribution in [0, 0.1) is 0 Å². The molecule has 178 valence electrons. The van der Waals surface area contributed by atoms with Crippen molar-refractivity contribution in [2.75, 3.05) is 62.8 Å². The van der Waals surface area contributed by atoms with E-state index in [0.29, 0.717) is 69.4 Å². The van der Waals surface area contributed by atoms with Crippen molar-refractivity contribution in [2.45, 2.75) is 4.90 Å². The number of aromatic nitrogens is 1. The van der Waals surface area contributed by atoms with Crippen LogP contribution in [0.15, 0.2) is 59.6 Å². The van der Waals surface area contributed by atoms with Crippen molar-refractivity contribution in [1.29, 1.82) is 0 Å². The van der Waals surface area contributed by atoms with Gasteiger partial charge in [0.05, 0.1) is 48.2 Å². The molecule has 1 N–H and O–H groups in total. The van der Waals surface area contributed by atoms with Crippen molar-refractivity contribution in [3.8, 4) is 0 Å². The van der Waals surface area contributed by atoms with Gasteiger partial charge in [0.25, 0.3) is 5.91 Å². The first-order valence-electron chi connectivity index (χ1n) is 11.2. The van der Waals surface area contributed by atoms with Crippen LogP contribution in [0.1, 0.15) is 10.4 Å². The molecular formula is C24H26N4O5S. The van der Waals surface area contributed by atoms with Crippen molar-refractivity contribution in [3.63, 3.8) is 0 Å². The fourth-order valence-electron chi connectivity index (χ4n) is 4.28. The maximum atomic E-state index is 13.4. The summed E-state index contributed by atoms with van der Waals surface area (Å²) < 4.78 is 38.7. The molecule has 0 spiro atoms. The van der Waals surface area contributed by atoms with Gasteiger partial charge in [-0.1, -0.05) is 12.1 Å². The summed E-state index contributed by atoms with van der Waals surface area (Å²) in [6, 6.07) is 13.9. The summed E-state index contributed by atoms with van der Waals surface area (Å²) in [5.74, 6) is -0.325. The highest BCUT2D eigenvalue weighted by Gasteiger charge is 2.28. The van der Waals surface area contributed by atoms with Gasteiger partial charge in [-0.15, -0.1) is 0 Å². The molecule has 3 aromatic rings. The SMILES string of the molecule is O=C(Nc1cc(S(=O)(=O)N2CCOCC2)ccc1N1CCOCC1)c1cccc2ncccc12. The average molecular weight is 483 g/mol. The standard InChI is InChI=1S/C24H26N4O5S/c29-24(20-3-1-5-21-19(20)4-2-8-25-21)26-22-17-18(34(30,31)28-11-15-33-16-12-28)6-7-23(22)27-9-13-32-14-10-27/h1-8,17H,9-16H2,(H,26,29). The number of sulfonamides is 1. The number of nitrogens with zero attached hydrogens (tertiary/aromatic N) is 3. The van der Waals surface area contributed by atoms with E-state index in [1.54, 1.807) is 42.6 Å². The van der Waals surface area contributed by atoms with Gasteiger partial charge in [0.2, 0.25) is 10.0 Å². The van der Waals surface area contributed by atoms with Crippen molar-refractivity contribution in [2.24, 2.45) is 0 Å². The highest BCUT2D eigenvalue weighted by molar-refractivity contribution is 7.89. The average Bonchev–Trinajstić information content (AvgIpc) is 2.89. The van der Waals surface area contributed by atoms with Crippen molar-refractivity contribution in [3.05, 3.63) is 60.3 Å². The topological polar surface area (TPSA) is 101 Å². The summed E-state index contributed by atoms with van der Waals surface area (Å²) >= 11 is 0. The minimum absolute atomic E-state index is 0.140. The van der Waals surface area contributed by atoms with Crippen molar-refractivity contribution >= 4 is 38.2 Å². The van der Waals surface area contributed by atoms with Gasteiger partial charge in [-0.3, -0.25) is 9.78 Å². The summed E-state index contributed by atoms with van der Waals surface area (Å²) in [6.07, 6.45) is 1.68. The first kappa shape index (κ1) is 22.7. The number of fused-ring (bicyclic) bond motifs is 1. The largest absolute Gasteiger partial charge is 0.379 e. The Morgan fingerprint density at radius 3 is 2.41 bits per heavy atom. The van der Waals surface area contributed by atoms with Crippen LogP contribution in [0.25, 0.3) is 10.9 Å². The highest BCUT2D eigenvalue weighted by atomic mass is 32.2. The van der Waals surface area contributed by atoms with Crippen LogP contribution in [-0.4, -0.2) is 76.2 Å². The van der Waals surface area contributed by atoms with Crippen LogP contribution >= 0.6 is 0 Å². The molecule has 3 heterocycles. The zero-order chi connectivity index (χ0) is 23.5. The molecule has 5 rings (SSSR count). The quantitative estimate of drug-likeness (QED) is 0.596. The second kappa shape index (κ2) is 9.67. The number of hydrogen-bond donors (Lipinski definition) is 1. The Bertz CT molecular complexity index is 1300. The second-order valence-corrected chi connectivity index (χ2v) is 10.1. The Morgan fingerprint density at radius 1 is 0.912 bits per heavy atom. The van der Waals surface area contributed by atoms with E-state index in [4.69, 9.17) is 9.47 Å². The molecule has 0 saturated carbocycles. The molecule has 2 aliphatic rings. The zero-order valence-electron chi connectivity index (χ0n) is 18.6. The fourth-order valence-corrected chi connectivity index (χ4v) is 5.72. The number of nitrogens with one attached hydrogen (secondary N) is 1. The maximum absolute atomic E-state index is 13.4. The number of carbonyl (C=O) groups is 1. The Kier molecular flexibility index (Phi) is 6.46. The Balaban J connectivity index is 1.52. The monoisotopic (exact) mass is 482 g/mol. The Labute approximate surface area is 198 Å². The number of ether oxygens (including phenoxy) is 2. The van der Waals surface area contributed by atoms with E-state index in [0.717, 1.165) is 11.1 Å². The molecule has 2 saturated heterocycles. The zero-order valence-corrected chi connectivity index (χ0v) is 19.5. The predicted molar refractivity (Wildman–Crippen MR) is 129 cm³/mol. The number of hydrogen-bond acceptors (Lipinski definition) is 7. The number of rotatable bonds is 5. The highest BCUT2D eigenvalue weighted by Crippen LogP contribution is 2.32. The lowest BCUT2D eigenvalue weighted by Crippen LogP contribution is -2.40. The van der Waals surface area contributed by atoms with Crippen LogP contribution in [0.3, 0.4) is 0 Å². The van der Waals surface area contributed by atoms with E-state index < -0.39 is 10.0 Å². The van der Waals surface area contributed by atoms with Crippen LogP contribution in [-0.2, 0) is 19.5 Å². The maximum Gasteiger partial charge on any atom is 0.256 e. The third kappa shape index (κ3) is 4.49. The molecule has 34 heavy (non-hydrogen) atoms. The third-order valence-electron chi connectivity index (χ3n) is 6.07. The van der Waals surface area contributed by atoms with Crippen LogP contribution in [0.5, 0.6) is 0 Å². The van der Waals surface area contributed by atoms with E-state index in [1.165, 1.54) is 4.31 Å². The van der Waals surface area contributed by atoms with Gasteiger partial charge in [-0.05, 0) is 36.4 Å². The molecule has 0 aliphatic carbocycles. The van der Waals surface area contributed by atoms with Crippen molar-refractivity contribution < 1.29 is 22.7 Å². The molecular weight excluding hydrogens is 456 g/mol. The first-order chi connectivity index (χ1) is 16.5. The number of carbonyl (C=O) groups excluding carboxylic acids is 1. The van der Waals surface area contributed by atoms with Crippen molar-refractivity contribution in [1.82, 2.24) is 9.29 Å². The first-order valence-corrected chi connectivity index (χ1v) is 12.7. The van der Waals surface area contributed by atoms with E-state index >= 15 is 0 Å². The van der Waals surface area contributed by atoms with Gasteiger partial charge < -0.3 is 19.7 Å². The van der Waals surface area contributed by atoms with Crippen LogP contribution in [0.2, 0.25) is 0 Å². The van der Waals surface area contributed by atoms with Gasteiger partial charge in [0, 0.05) is 43.3 Å². The van der Waals surface area contributed by atoms with Gasteiger partial charge in [0.15, 0.2) is 0 Å². The lowest BCUT2D eigenvalue weighted by Gasteiger charge is -2.31. The van der Waals surface area contributed by atoms with E-state index in [-0.39, 0.29) is 10.8 Å². The molecule has 0 radical (unpaired) electrons. The molecule has 0 atom stereocenters. The molecule has 0 unspecified atom stereocenters. The van der Waals surface area contributed by atoms with Gasteiger partial charge >= 0.3 is 0 Å². The van der Waals surface area contributed by atoms with Crippen LogP contribution in [0.4, 0.5) is 11.4 Å². The molecule has 9 nitrogen and oxygen atoms in total. The molecule has 0 bridgehead atoms. The van der Waals surface area contributed by atoms with E-state index in [2.05, 4.69) is 15.2 Å². The van der Waals surface area contributed by atoms with Gasteiger partial charge in [-0.2, -0.15) is 4.31 Å². The van der Waals surface area contributed by atoms with E-state index in [1.807, 2.05) is 12.1 Å². The Morgan fingerprint density at radius 2 is 1.65 bits per heavy atom.